The molecule has 1 amide bonds. The molecule has 1 unspecified atom stereocenters. The number of aromatic nitrogens is 1. The van der Waals surface area contributed by atoms with Crippen LogP contribution in [0, 0.1) is 0 Å². The Morgan fingerprint density at radius 2 is 1.95 bits per heavy atom. The molecule has 1 atom stereocenters. The number of hydrogen-bond donors (Lipinski definition) is 1. The highest BCUT2D eigenvalue weighted by molar-refractivity contribution is 9.10. The number of rotatable bonds is 4. The average molecular weight is 363 g/mol. The molecule has 1 heterocycles. The average Bonchev–Trinajstić information content (AvgIpc) is 2.54. The van der Waals surface area contributed by atoms with Crippen LogP contribution in [0.2, 0.25) is 0 Å². The first kappa shape index (κ1) is 16.2. The number of esters is 1. The summed E-state index contributed by atoms with van der Waals surface area (Å²) >= 11 is 3.46. The smallest absolute Gasteiger partial charge is 0.339 e. The third-order valence-electron chi connectivity index (χ3n) is 3.14. The van der Waals surface area contributed by atoms with Gasteiger partial charge in [0.05, 0.1) is 18.7 Å². The summed E-state index contributed by atoms with van der Waals surface area (Å²) in [7, 11) is 1.29. The van der Waals surface area contributed by atoms with Crippen LogP contribution in [0.15, 0.2) is 47.1 Å². The van der Waals surface area contributed by atoms with Gasteiger partial charge in [0, 0.05) is 10.7 Å². The fraction of sp³-hybridized carbons (Fsp3) is 0.188. The Morgan fingerprint density at radius 1 is 1.23 bits per heavy atom. The second-order valence-electron chi connectivity index (χ2n) is 4.64. The minimum absolute atomic E-state index is 0.176. The molecule has 0 aliphatic rings. The number of carbonyl (C=O) groups excluding carboxylic acids is 2. The molecule has 0 radical (unpaired) electrons. The van der Waals surface area contributed by atoms with Crippen molar-refractivity contribution in [2.45, 2.75) is 13.0 Å². The van der Waals surface area contributed by atoms with E-state index in [1.54, 1.807) is 0 Å². The molecule has 2 rings (SSSR count). The predicted octanol–water partition coefficient (Wildman–Crippen LogP) is 3.12. The number of amides is 1. The summed E-state index contributed by atoms with van der Waals surface area (Å²) < 4.78 is 5.52. The molecule has 0 saturated carbocycles. The first-order valence-electron chi connectivity index (χ1n) is 6.62. The number of pyridine rings is 1. The highest BCUT2D eigenvalue weighted by atomic mass is 79.9. The van der Waals surface area contributed by atoms with E-state index in [4.69, 9.17) is 0 Å². The lowest BCUT2D eigenvalue weighted by molar-refractivity contribution is 0.0599. The number of ether oxygens (including phenoxy) is 1. The van der Waals surface area contributed by atoms with Crippen LogP contribution in [0.1, 0.15) is 39.4 Å². The topological polar surface area (TPSA) is 68.3 Å². The first-order chi connectivity index (χ1) is 10.5. The summed E-state index contributed by atoms with van der Waals surface area (Å²) in [6.07, 6.45) is 1.32. The van der Waals surface area contributed by atoms with Crippen molar-refractivity contribution in [2.24, 2.45) is 0 Å². The molecule has 1 aromatic carbocycles. The summed E-state index contributed by atoms with van der Waals surface area (Å²) in [6, 6.07) is 10.5. The summed E-state index contributed by atoms with van der Waals surface area (Å²) in [5.41, 5.74) is 1.52. The van der Waals surface area contributed by atoms with Crippen LogP contribution in [0.3, 0.4) is 0 Å². The van der Waals surface area contributed by atoms with Crippen LogP contribution < -0.4 is 5.32 Å². The van der Waals surface area contributed by atoms with E-state index in [1.807, 2.05) is 31.2 Å². The molecule has 0 spiro atoms. The molecule has 2 aromatic rings. The van der Waals surface area contributed by atoms with Gasteiger partial charge in [-0.25, -0.2) is 4.79 Å². The highest BCUT2D eigenvalue weighted by Gasteiger charge is 2.15. The Morgan fingerprint density at radius 3 is 2.55 bits per heavy atom. The van der Waals surface area contributed by atoms with Crippen LogP contribution in [-0.2, 0) is 4.74 Å². The number of methoxy groups -OCH3 is 1. The molecule has 1 aromatic heterocycles. The van der Waals surface area contributed by atoms with Crippen molar-refractivity contribution in [3.63, 3.8) is 0 Å². The molecular formula is C16H15BrN2O3. The zero-order valence-corrected chi connectivity index (χ0v) is 13.8. The van der Waals surface area contributed by atoms with E-state index < -0.39 is 5.97 Å². The Labute approximate surface area is 136 Å². The van der Waals surface area contributed by atoms with Crippen molar-refractivity contribution >= 4 is 27.8 Å². The second kappa shape index (κ2) is 7.17. The SMILES string of the molecule is COC(=O)c1ccc(C(=O)NC(C)c2ccccc2Br)nc1. The van der Waals surface area contributed by atoms with Gasteiger partial charge in [0.15, 0.2) is 0 Å². The summed E-state index contributed by atoms with van der Waals surface area (Å²) in [4.78, 5) is 27.5. The van der Waals surface area contributed by atoms with Gasteiger partial charge in [-0.15, -0.1) is 0 Å². The number of nitrogens with zero attached hydrogens (tertiary/aromatic N) is 1. The standard InChI is InChI=1S/C16H15BrN2O3/c1-10(12-5-3-4-6-13(12)17)19-15(20)14-8-7-11(9-18-14)16(21)22-2/h3-10H,1-2H3,(H,19,20). The van der Waals surface area contributed by atoms with Crippen LogP contribution in [0.5, 0.6) is 0 Å². The minimum atomic E-state index is -0.485. The maximum absolute atomic E-state index is 12.2. The van der Waals surface area contributed by atoms with Crippen molar-refractivity contribution in [2.75, 3.05) is 7.11 Å². The largest absolute Gasteiger partial charge is 0.465 e. The number of carbonyl (C=O) groups is 2. The lowest BCUT2D eigenvalue weighted by Crippen LogP contribution is -2.27. The maximum Gasteiger partial charge on any atom is 0.339 e. The van der Waals surface area contributed by atoms with Crippen molar-refractivity contribution in [3.05, 3.63) is 63.9 Å². The molecule has 22 heavy (non-hydrogen) atoms. The van der Waals surface area contributed by atoms with E-state index >= 15 is 0 Å². The van der Waals surface area contributed by atoms with Gasteiger partial charge in [-0.05, 0) is 30.7 Å². The molecule has 0 bridgehead atoms. The van der Waals surface area contributed by atoms with E-state index in [2.05, 4.69) is 31.0 Å². The van der Waals surface area contributed by atoms with Gasteiger partial charge in [-0.3, -0.25) is 9.78 Å². The third kappa shape index (κ3) is 3.71. The van der Waals surface area contributed by atoms with Gasteiger partial charge in [-0.2, -0.15) is 0 Å². The van der Waals surface area contributed by atoms with Gasteiger partial charge in [-0.1, -0.05) is 34.1 Å². The van der Waals surface area contributed by atoms with Crippen LogP contribution >= 0.6 is 15.9 Å². The third-order valence-corrected chi connectivity index (χ3v) is 3.86. The zero-order valence-electron chi connectivity index (χ0n) is 12.2. The van der Waals surface area contributed by atoms with Gasteiger partial charge in [0.2, 0.25) is 0 Å². The van der Waals surface area contributed by atoms with Crippen molar-refractivity contribution in [1.29, 1.82) is 0 Å². The van der Waals surface area contributed by atoms with Gasteiger partial charge < -0.3 is 10.1 Å². The Hall–Kier alpha value is -2.21. The van der Waals surface area contributed by atoms with Gasteiger partial charge in [0.1, 0.15) is 5.69 Å². The fourth-order valence-electron chi connectivity index (χ4n) is 1.94. The van der Waals surface area contributed by atoms with Crippen molar-refractivity contribution < 1.29 is 14.3 Å². The molecule has 0 fully saturated rings. The second-order valence-corrected chi connectivity index (χ2v) is 5.49. The summed E-state index contributed by atoms with van der Waals surface area (Å²) in [5.74, 6) is -0.791. The van der Waals surface area contributed by atoms with Gasteiger partial charge >= 0.3 is 5.97 Å². The molecule has 114 valence electrons. The monoisotopic (exact) mass is 362 g/mol. The number of halogens is 1. The van der Waals surface area contributed by atoms with E-state index in [1.165, 1.54) is 25.4 Å². The quantitative estimate of drug-likeness (QED) is 0.848. The minimum Gasteiger partial charge on any atom is -0.465 e. The lowest BCUT2D eigenvalue weighted by atomic mass is 10.1. The van der Waals surface area contributed by atoms with E-state index in [0.717, 1.165) is 10.0 Å². The number of nitrogens with one attached hydrogen (secondary N) is 1. The molecule has 0 aliphatic heterocycles. The number of benzene rings is 1. The first-order valence-corrected chi connectivity index (χ1v) is 7.42. The van der Waals surface area contributed by atoms with Crippen molar-refractivity contribution in [3.8, 4) is 0 Å². The summed E-state index contributed by atoms with van der Waals surface area (Å²) in [5, 5.41) is 2.87. The predicted molar refractivity (Wildman–Crippen MR) is 85.6 cm³/mol. The Balaban J connectivity index is 2.09. The number of hydrogen-bond acceptors (Lipinski definition) is 4. The molecule has 1 N–H and O–H groups in total. The normalized spacial score (nSPS) is 11.6. The van der Waals surface area contributed by atoms with Crippen LogP contribution in [-0.4, -0.2) is 24.0 Å². The van der Waals surface area contributed by atoms with Gasteiger partial charge in [0.25, 0.3) is 5.91 Å². The Kier molecular flexibility index (Phi) is 5.27. The van der Waals surface area contributed by atoms with Crippen molar-refractivity contribution in [1.82, 2.24) is 10.3 Å². The lowest BCUT2D eigenvalue weighted by Gasteiger charge is -2.15. The van der Waals surface area contributed by atoms with Crippen LogP contribution in [0.25, 0.3) is 0 Å². The maximum atomic E-state index is 12.2. The molecule has 0 aliphatic carbocycles. The molecule has 6 heteroatoms. The summed E-state index contributed by atoms with van der Waals surface area (Å²) in [6.45, 7) is 1.89. The van der Waals surface area contributed by atoms with E-state index in [0.29, 0.717) is 5.56 Å². The fourth-order valence-corrected chi connectivity index (χ4v) is 2.57. The molecule has 0 saturated heterocycles. The highest BCUT2D eigenvalue weighted by Crippen LogP contribution is 2.22. The van der Waals surface area contributed by atoms with E-state index in [-0.39, 0.29) is 17.6 Å². The molecule has 5 nitrogen and oxygen atoms in total. The Bertz CT molecular complexity index is 686. The van der Waals surface area contributed by atoms with Crippen LogP contribution in [0.4, 0.5) is 0 Å². The molecular weight excluding hydrogens is 348 g/mol. The van der Waals surface area contributed by atoms with E-state index in [9.17, 15) is 9.59 Å². The zero-order chi connectivity index (χ0) is 16.1.